The maximum Gasteiger partial charge on any atom is 0.0608 e. The van der Waals surface area contributed by atoms with Crippen LogP contribution in [0.5, 0.6) is 0 Å². The third kappa shape index (κ3) is 3.18. The molecule has 0 amide bonds. The molecule has 112 valence electrons. The zero-order valence-corrected chi connectivity index (χ0v) is 12.8. The average molecular weight is 285 g/mol. The van der Waals surface area contributed by atoms with Gasteiger partial charge in [-0.05, 0) is 37.6 Å². The van der Waals surface area contributed by atoms with Crippen LogP contribution in [0, 0.1) is 13.8 Å². The molecule has 1 aliphatic rings. The molecule has 2 heterocycles. The molecular weight excluding hydrogens is 262 g/mol. The summed E-state index contributed by atoms with van der Waals surface area (Å²) < 4.78 is 7.69. The van der Waals surface area contributed by atoms with Crippen LogP contribution in [0.4, 0.5) is 0 Å². The molecule has 4 heteroatoms. The number of hydrogen-bond donors (Lipinski definition) is 1. The van der Waals surface area contributed by atoms with E-state index in [4.69, 9.17) is 4.74 Å². The summed E-state index contributed by atoms with van der Waals surface area (Å²) in [6, 6.07) is 12.8. The number of nitrogens with one attached hydrogen (secondary N) is 1. The third-order valence-corrected chi connectivity index (χ3v) is 4.05. The van der Waals surface area contributed by atoms with Gasteiger partial charge in [0.1, 0.15) is 0 Å². The van der Waals surface area contributed by atoms with Gasteiger partial charge in [-0.3, -0.25) is 5.43 Å². The molecule has 0 aliphatic carbocycles. The second-order valence-corrected chi connectivity index (χ2v) is 5.50. The molecule has 0 bridgehead atoms. The summed E-state index contributed by atoms with van der Waals surface area (Å²) in [5, 5.41) is 2.25. The van der Waals surface area contributed by atoms with Gasteiger partial charge in [-0.2, -0.15) is 0 Å². The van der Waals surface area contributed by atoms with E-state index in [9.17, 15) is 0 Å². The fraction of sp³-hybridized carbons (Fsp3) is 0.412. The second-order valence-electron chi connectivity index (χ2n) is 5.50. The molecule has 1 aliphatic heterocycles. The first-order chi connectivity index (χ1) is 10.3. The van der Waals surface area contributed by atoms with Crippen molar-refractivity contribution in [2.24, 2.45) is 0 Å². The Morgan fingerprint density at radius 2 is 1.81 bits per heavy atom. The minimum absolute atomic E-state index is 0.816. The first kappa shape index (κ1) is 14.3. The molecule has 1 saturated heterocycles. The van der Waals surface area contributed by atoms with Crippen molar-refractivity contribution in [3.05, 3.63) is 53.3 Å². The van der Waals surface area contributed by atoms with E-state index in [1.54, 1.807) is 0 Å². The van der Waals surface area contributed by atoms with Gasteiger partial charge < -0.3 is 9.30 Å². The van der Waals surface area contributed by atoms with Crippen LogP contribution in [0.15, 0.2) is 36.4 Å². The standard InChI is InChI=1S/C17H23N3O/c1-14-12-16(13-18-19-8-10-21-11-9-19)15(2)20(14)17-6-4-3-5-7-17/h3-7,12,18H,8-11,13H2,1-2H3. The van der Waals surface area contributed by atoms with Crippen molar-refractivity contribution in [1.29, 1.82) is 0 Å². The van der Waals surface area contributed by atoms with Gasteiger partial charge in [0.25, 0.3) is 0 Å². The number of aryl methyl sites for hydroxylation is 1. The van der Waals surface area contributed by atoms with Crippen LogP contribution in [0.1, 0.15) is 17.0 Å². The third-order valence-electron chi connectivity index (χ3n) is 4.05. The number of benzene rings is 1. The van der Waals surface area contributed by atoms with Crippen molar-refractivity contribution in [2.75, 3.05) is 26.3 Å². The predicted octanol–water partition coefficient (Wildman–Crippen LogP) is 2.43. The Labute approximate surface area is 126 Å². The van der Waals surface area contributed by atoms with Crippen LogP contribution in [0.25, 0.3) is 5.69 Å². The Bertz CT molecular complexity index is 586. The van der Waals surface area contributed by atoms with Gasteiger partial charge in [0.05, 0.1) is 13.2 Å². The molecule has 4 nitrogen and oxygen atoms in total. The lowest BCUT2D eigenvalue weighted by atomic mass is 10.2. The number of morpholine rings is 1. The first-order valence-electron chi connectivity index (χ1n) is 7.55. The van der Waals surface area contributed by atoms with Gasteiger partial charge in [-0.25, -0.2) is 5.01 Å². The van der Waals surface area contributed by atoms with Crippen LogP contribution < -0.4 is 5.43 Å². The maximum atomic E-state index is 5.37. The number of aromatic nitrogens is 1. The van der Waals surface area contributed by atoms with E-state index < -0.39 is 0 Å². The minimum Gasteiger partial charge on any atom is -0.379 e. The lowest BCUT2D eigenvalue weighted by Gasteiger charge is -2.27. The fourth-order valence-electron chi connectivity index (χ4n) is 2.90. The van der Waals surface area contributed by atoms with Crippen LogP contribution in [-0.4, -0.2) is 35.9 Å². The molecule has 1 aromatic carbocycles. The number of para-hydroxylation sites is 1. The van der Waals surface area contributed by atoms with Crippen molar-refractivity contribution in [1.82, 2.24) is 15.0 Å². The van der Waals surface area contributed by atoms with Crippen LogP contribution >= 0.6 is 0 Å². The highest BCUT2D eigenvalue weighted by Crippen LogP contribution is 2.20. The summed E-state index contributed by atoms with van der Waals surface area (Å²) in [5.74, 6) is 0. The summed E-state index contributed by atoms with van der Waals surface area (Å²) in [6.45, 7) is 8.77. The Kier molecular flexibility index (Phi) is 4.39. The van der Waals surface area contributed by atoms with Gasteiger partial charge in [0.2, 0.25) is 0 Å². The lowest BCUT2D eigenvalue weighted by Crippen LogP contribution is -2.45. The van der Waals surface area contributed by atoms with Crippen LogP contribution in [-0.2, 0) is 11.3 Å². The Morgan fingerprint density at radius 1 is 1.10 bits per heavy atom. The zero-order chi connectivity index (χ0) is 14.7. The first-order valence-corrected chi connectivity index (χ1v) is 7.55. The maximum absolute atomic E-state index is 5.37. The molecule has 0 radical (unpaired) electrons. The van der Waals surface area contributed by atoms with Crippen molar-refractivity contribution in [3.8, 4) is 5.69 Å². The van der Waals surface area contributed by atoms with Gasteiger partial charge >= 0.3 is 0 Å². The number of hydrogen-bond acceptors (Lipinski definition) is 3. The molecule has 0 atom stereocenters. The number of nitrogens with zero attached hydrogens (tertiary/aromatic N) is 2. The van der Waals surface area contributed by atoms with E-state index in [1.165, 1.54) is 22.6 Å². The molecule has 1 aromatic heterocycles. The van der Waals surface area contributed by atoms with E-state index in [1.807, 2.05) is 0 Å². The molecule has 0 unspecified atom stereocenters. The molecule has 0 spiro atoms. The summed E-state index contributed by atoms with van der Waals surface area (Å²) in [7, 11) is 0. The fourth-order valence-corrected chi connectivity index (χ4v) is 2.90. The van der Waals surface area contributed by atoms with Crippen LogP contribution in [0.3, 0.4) is 0 Å². The van der Waals surface area contributed by atoms with E-state index in [-0.39, 0.29) is 0 Å². The highest BCUT2D eigenvalue weighted by molar-refractivity contribution is 5.40. The van der Waals surface area contributed by atoms with E-state index in [0.717, 1.165) is 32.8 Å². The Morgan fingerprint density at radius 3 is 2.52 bits per heavy atom. The normalized spacial score (nSPS) is 16.3. The largest absolute Gasteiger partial charge is 0.379 e. The van der Waals surface area contributed by atoms with Gasteiger partial charge in [-0.15, -0.1) is 0 Å². The number of rotatable bonds is 4. The van der Waals surface area contributed by atoms with Crippen molar-refractivity contribution < 1.29 is 4.74 Å². The zero-order valence-electron chi connectivity index (χ0n) is 12.8. The monoisotopic (exact) mass is 285 g/mol. The van der Waals surface area contributed by atoms with E-state index in [2.05, 4.69) is 65.2 Å². The quantitative estimate of drug-likeness (QED) is 0.935. The smallest absolute Gasteiger partial charge is 0.0608 e. The van der Waals surface area contributed by atoms with Crippen molar-refractivity contribution >= 4 is 0 Å². The van der Waals surface area contributed by atoms with Gasteiger partial charge in [0, 0.05) is 36.7 Å². The second kappa shape index (κ2) is 6.43. The Hall–Kier alpha value is -1.62. The molecule has 0 saturated carbocycles. The topological polar surface area (TPSA) is 29.4 Å². The molecule has 2 aromatic rings. The van der Waals surface area contributed by atoms with Crippen molar-refractivity contribution in [2.45, 2.75) is 20.4 Å². The molecule has 1 N–H and O–H groups in total. The predicted molar refractivity (Wildman–Crippen MR) is 84.5 cm³/mol. The lowest BCUT2D eigenvalue weighted by molar-refractivity contribution is 0.0105. The van der Waals surface area contributed by atoms with E-state index >= 15 is 0 Å². The summed E-state index contributed by atoms with van der Waals surface area (Å²) in [5.41, 5.74) is 8.67. The summed E-state index contributed by atoms with van der Waals surface area (Å²) in [6.07, 6.45) is 0. The highest BCUT2D eigenvalue weighted by Gasteiger charge is 2.13. The summed E-state index contributed by atoms with van der Waals surface area (Å²) >= 11 is 0. The van der Waals surface area contributed by atoms with Crippen LogP contribution in [0.2, 0.25) is 0 Å². The minimum atomic E-state index is 0.816. The summed E-state index contributed by atoms with van der Waals surface area (Å²) in [4.78, 5) is 0. The number of hydrazine groups is 1. The molecule has 21 heavy (non-hydrogen) atoms. The molecule has 1 fully saturated rings. The average Bonchev–Trinajstić information content (AvgIpc) is 2.81. The molecular formula is C17H23N3O. The SMILES string of the molecule is Cc1cc(CNN2CCOCC2)c(C)n1-c1ccccc1. The number of ether oxygens (including phenoxy) is 1. The van der Waals surface area contributed by atoms with Crippen molar-refractivity contribution in [3.63, 3.8) is 0 Å². The van der Waals surface area contributed by atoms with Gasteiger partial charge in [-0.1, -0.05) is 18.2 Å². The van der Waals surface area contributed by atoms with E-state index in [0.29, 0.717) is 0 Å². The molecule has 3 rings (SSSR count). The Balaban J connectivity index is 1.75. The highest BCUT2D eigenvalue weighted by atomic mass is 16.5. The van der Waals surface area contributed by atoms with Gasteiger partial charge in [0.15, 0.2) is 0 Å².